The predicted molar refractivity (Wildman–Crippen MR) is 221 cm³/mol. The summed E-state index contributed by atoms with van der Waals surface area (Å²) in [6.45, 7) is 0. The summed E-state index contributed by atoms with van der Waals surface area (Å²) in [6, 6.07) is 53.1. The largest absolute Gasteiger partial charge is 0.497 e. The van der Waals surface area contributed by atoms with Crippen molar-refractivity contribution < 1.29 is 23.7 Å². The van der Waals surface area contributed by atoms with Gasteiger partial charge in [0.1, 0.15) is 28.7 Å². The molecule has 0 spiro atoms. The third kappa shape index (κ3) is 6.24. The predicted octanol–water partition coefficient (Wildman–Crippen LogP) is 12.4. The van der Waals surface area contributed by atoms with Crippen molar-refractivity contribution in [3.8, 4) is 84.4 Å². The molecule has 0 aliphatic heterocycles. The van der Waals surface area contributed by atoms with Crippen molar-refractivity contribution in [2.45, 2.75) is 0 Å². The minimum atomic E-state index is 0.794. The summed E-state index contributed by atoms with van der Waals surface area (Å²) < 4.78 is 28.0. The lowest BCUT2D eigenvalue weighted by Crippen LogP contribution is -1.98. The molecule has 0 saturated carbocycles. The van der Waals surface area contributed by atoms with E-state index >= 15 is 0 Å². The molecule has 0 aromatic heterocycles. The Balaban J connectivity index is 1.59. The molecule has 5 nitrogen and oxygen atoms in total. The van der Waals surface area contributed by atoms with E-state index in [-0.39, 0.29) is 0 Å². The zero-order chi connectivity index (χ0) is 37.2. The van der Waals surface area contributed by atoms with Crippen molar-refractivity contribution in [2.75, 3.05) is 35.5 Å². The van der Waals surface area contributed by atoms with Crippen molar-refractivity contribution >= 4 is 21.5 Å². The van der Waals surface area contributed by atoms with Gasteiger partial charge in [0.05, 0.1) is 35.5 Å². The second-order valence-electron chi connectivity index (χ2n) is 13.1. The van der Waals surface area contributed by atoms with Crippen LogP contribution in [0.5, 0.6) is 28.7 Å². The van der Waals surface area contributed by atoms with Gasteiger partial charge in [0.25, 0.3) is 0 Å². The topological polar surface area (TPSA) is 46.2 Å². The highest BCUT2D eigenvalue weighted by molar-refractivity contribution is 6.21. The fraction of sp³-hybridized carbons (Fsp3) is 0.102. The average Bonchev–Trinajstić information content (AvgIpc) is 3.25. The molecule has 0 atom stereocenters. The maximum Gasteiger partial charge on any atom is 0.118 e. The fourth-order valence-electron chi connectivity index (χ4n) is 7.49. The Labute approximate surface area is 315 Å². The van der Waals surface area contributed by atoms with E-state index in [1.807, 2.05) is 60.7 Å². The summed E-state index contributed by atoms with van der Waals surface area (Å²) in [5.74, 6) is 4.01. The summed E-state index contributed by atoms with van der Waals surface area (Å²) in [4.78, 5) is 0. The fourth-order valence-corrected chi connectivity index (χ4v) is 7.49. The van der Waals surface area contributed by atoms with E-state index in [9.17, 15) is 0 Å². The van der Waals surface area contributed by atoms with E-state index in [0.717, 1.165) is 106 Å². The van der Waals surface area contributed by atoms with Crippen LogP contribution in [0.3, 0.4) is 0 Å². The molecule has 0 N–H and O–H groups in total. The van der Waals surface area contributed by atoms with Crippen LogP contribution in [0.2, 0.25) is 0 Å². The molecule has 5 heteroatoms. The molecule has 0 amide bonds. The minimum absolute atomic E-state index is 0.794. The number of fused-ring (bicyclic) bond motifs is 2. The first kappa shape index (κ1) is 34.4. The number of methoxy groups -OCH3 is 5. The van der Waals surface area contributed by atoms with Gasteiger partial charge in [-0.3, -0.25) is 0 Å². The number of rotatable bonds is 10. The SMILES string of the molecule is COc1ccc(-c2c(-c3ccc(OC)cc3)c(-c3ccc(OC)cc3)c3cc4c(-c5ccc(OC)cc5)cccc4cc3c2-c2ccc(OC)cc2)cc1. The lowest BCUT2D eigenvalue weighted by Gasteiger charge is -2.25. The zero-order valence-corrected chi connectivity index (χ0v) is 31.0. The lowest BCUT2D eigenvalue weighted by atomic mass is 9.78. The van der Waals surface area contributed by atoms with Crippen LogP contribution in [0.1, 0.15) is 0 Å². The first-order chi connectivity index (χ1) is 26.5. The number of hydrogen-bond donors (Lipinski definition) is 0. The van der Waals surface area contributed by atoms with Crippen molar-refractivity contribution in [2.24, 2.45) is 0 Å². The maximum atomic E-state index is 5.64. The Morgan fingerprint density at radius 3 is 0.944 bits per heavy atom. The van der Waals surface area contributed by atoms with Crippen LogP contribution >= 0.6 is 0 Å². The van der Waals surface area contributed by atoms with Gasteiger partial charge in [0.2, 0.25) is 0 Å². The van der Waals surface area contributed by atoms with Gasteiger partial charge < -0.3 is 23.7 Å². The standard InChI is InChI=1S/C49H40O5/c1-50-37-19-9-31(10-20-37)42-8-6-7-36-29-44-45(30-43(36)42)47(33-13-23-39(52-3)24-14-33)49(35-17-27-41(54-5)28-18-35)48(34-15-25-40(53-4)26-16-34)46(44)32-11-21-38(51-2)22-12-32/h6-30H,1-5H3. The molecule has 8 rings (SSSR count). The third-order valence-corrected chi connectivity index (χ3v) is 10.2. The van der Waals surface area contributed by atoms with Gasteiger partial charge in [-0.25, -0.2) is 0 Å². The van der Waals surface area contributed by atoms with Crippen LogP contribution in [0.4, 0.5) is 0 Å². The quantitative estimate of drug-likeness (QED) is 0.132. The van der Waals surface area contributed by atoms with Crippen LogP contribution in [0.25, 0.3) is 77.2 Å². The zero-order valence-electron chi connectivity index (χ0n) is 31.0. The van der Waals surface area contributed by atoms with Gasteiger partial charge in [-0.15, -0.1) is 0 Å². The van der Waals surface area contributed by atoms with E-state index in [1.54, 1.807) is 35.5 Å². The van der Waals surface area contributed by atoms with Gasteiger partial charge in [0, 0.05) is 0 Å². The van der Waals surface area contributed by atoms with Crippen LogP contribution in [0.15, 0.2) is 152 Å². The van der Waals surface area contributed by atoms with Gasteiger partial charge in [-0.2, -0.15) is 0 Å². The van der Waals surface area contributed by atoms with E-state index in [1.165, 1.54) is 0 Å². The lowest BCUT2D eigenvalue weighted by molar-refractivity contribution is 0.414. The molecule has 0 fully saturated rings. The molecule has 0 aliphatic carbocycles. The highest BCUT2D eigenvalue weighted by Crippen LogP contribution is 2.52. The second kappa shape index (κ2) is 14.7. The molecule has 0 bridgehead atoms. The first-order valence-corrected chi connectivity index (χ1v) is 17.8. The Bertz CT molecular complexity index is 2570. The van der Waals surface area contributed by atoms with Crippen LogP contribution in [-0.2, 0) is 0 Å². The number of hydrogen-bond acceptors (Lipinski definition) is 5. The third-order valence-electron chi connectivity index (χ3n) is 10.2. The van der Waals surface area contributed by atoms with Crippen LogP contribution in [0, 0.1) is 0 Å². The first-order valence-electron chi connectivity index (χ1n) is 17.8. The average molecular weight is 709 g/mol. The summed E-state index contributed by atoms with van der Waals surface area (Å²) >= 11 is 0. The van der Waals surface area contributed by atoms with E-state index in [2.05, 4.69) is 91.0 Å². The minimum Gasteiger partial charge on any atom is -0.497 e. The Morgan fingerprint density at radius 1 is 0.278 bits per heavy atom. The summed E-state index contributed by atoms with van der Waals surface area (Å²) in [5.41, 5.74) is 11.0. The summed E-state index contributed by atoms with van der Waals surface area (Å²) in [7, 11) is 8.49. The summed E-state index contributed by atoms with van der Waals surface area (Å²) in [6.07, 6.45) is 0. The molecule has 8 aromatic carbocycles. The summed E-state index contributed by atoms with van der Waals surface area (Å²) in [5, 5.41) is 4.56. The molecular weight excluding hydrogens is 669 g/mol. The van der Waals surface area contributed by atoms with Crippen molar-refractivity contribution in [3.63, 3.8) is 0 Å². The van der Waals surface area contributed by atoms with Crippen LogP contribution in [-0.4, -0.2) is 35.5 Å². The van der Waals surface area contributed by atoms with E-state index < -0.39 is 0 Å². The van der Waals surface area contributed by atoms with E-state index in [4.69, 9.17) is 23.7 Å². The highest BCUT2D eigenvalue weighted by atomic mass is 16.5. The van der Waals surface area contributed by atoms with Crippen LogP contribution < -0.4 is 23.7 Å². The van der Waals surface area contributed by atoms with Gasteiger partial charge in [-0.1, -0.05) is 78.9 Å². The normalized spacial score (nSPS) is 11.1. The molecule has 8 aromatic rings. The Morgan fingerprint density at radius 2 is 0.593 bits per heavy atom. The molecule has 266 valence electrons. The molecular formula is C49H40O5. The Hall–Kier alpha value is -6.72. The van der Waals surface area contributed by atoms with Gasteiger partial charge in [-0.05, 0) is 150 Å². The monoisotopic (exact) mass is 708 g/mol. The highest BCUT2D eigenvalue weighted by Gasteiger charge is 2.25. The maximum absolute atomic E-state index is 5.64. The molecule has 0 heterocycles. The second-order valence-corrected chi connectivity index (χ2v) is 13.1. The van der Waals surface area contributed by atoms with Gasteiger partial charge >= 0.3 is 0 Å². The van der Waals surface area contributed by atoms with Crippen molar-refractivity contribution in [1.29, 1.82) is 0 Å². The Kier molecular flexibility index (Phi) is 9.37. The van der Waals surface area contributed by atoms with Crippen molar-refractivity contribution in [1.82, 2.24) is 0 Å². The van der Waals surface area contributed by atoms with E-state index in [0.29, 0.717) is 0 Å². The molecule has 0 saturated heterocycles. The molecule has 0 radical (unpaired) electrons. The molecule has 0 unspecified atom stereocenters. The smallest absolute Gasteiger partial charge is 0.118 e. The van der Waals surface area contributed by atoms with Gasteiger partial charge in [0.15, 0.2) is 0 Å². The van der Waals surface area contributed by atoms with Crippen molar-refractivity contribution in [3.05, 3.63) is 152 Å². The number of benzene rings is 8. The number of ether oxygens (including phenoxy) is 5. The molecule has 0 aliphatic rings. The molecule has 54 heavy (non-hydrogen) atoms.